The fourth-order valence-corrected chi connectivity index (χ4v) is 3.84. The van der Waals surface area contributed by atoms with Crippen molar-refractivity contribution < 1.29 is 0 Å². The molecule has 3 aromatic heterocycles. The molecule has 18 heavy (non-hydrogen) atoms. The Balaban J connectivity index is 2.26. The molecule has 0 aliphatic carbocycles. The van der Waals surface area contributed by atoms with Crippen molar-refractivity contribution in [2.24, 2.45) is 0 Å². The van der Waals surface area contributed by atoms with E-state index in [-0.39, 0.29) is 0 Å². The maximum Gasteiger partial charge on any atom is 0.139 e. The van der Waals surface area contributed by atoms with Gasteiger partial charge in [0.25, 0.3) is 0 Å². The second-order valence-corrected chi connectivity index (χ2v) is 7.23. The highest BCUT2D eigenvalue weighted by Crippen LogP contribution is 2.39. The molecule has 3 rings (SSSR count). The van der Waals surface area contributed by atoms with Gasteiger partial charge in [0.2, 0.25) is 0 Å². The monoisotopic (exact) mass is 385 g/mol. The second kappa shape index (κ2) is 4.36. The van der Waals surface area contributed by atoms with Crippen molar-refractivity contribution in [2.75, 3.05) is 5.73 Å². The molecule has 6 heteroatoms. The normalized spacial score (nSPS) is 11.3. The van der Waals surface area contributed by atoms with Crippen LogP contribution in [0.1, 0.15) is 5.56 Å². The molecule has 0 atom stereocenters. The van der Waals surface area contributed by atoms with Crippen molar-refractivity contribution in [3.05, 3.63) is 38.2 Å². The van der Waals surface area contributed by atoms with Crippen molar-refractivity contribution in [3.63, 3.8) is 0 Å². The summed E-state index contributed by atoms with van der Waals surface area (Å²) < 4.78 is 3.98. The molecule has 0 unspecified atom stereocenters. The van der Waals surface area contributed by atoms with Gasteiger partial charge in [-0.05, 0) is 62.5 Å². The van der Waals surface area contributed by atoms with Crippen LogP contribution in [0.3, 0.4) is 0 Å². The van der Waals surface area contributed by atoms with E-state index in [9.17, 15) is 0 Å². The number of thiophene rings is 1. The zero-order valence-corrected chi connectivity index (χ0v) is 13.4. The van der Waals surface area contributed by atoms with Crippen LogP contribution in [0.5, 0.6) is 0 Å². The van der Waals surface area contributed by atoms with E-state index in [0.717, 1.165) is 24.5 Å². The molecule has 0 saturated carbocycles. The summed E-state index contributed by atoms with van der Waals surface area (Å²) >= 11 is 8.59. The van der Waals surface area contributed by atoms with Gasteiger partial charge in [0.15, 0.2) is 0 Å². The van der Waals surface area contributed by atoms with Gasteiger partial charge >= 0.3 is 0 Å². The first-order valence-corrected chi connectivity index (χ1v) is 7.66. The molecule has 0 aromatic carbocycles. The zero-order valence-electron chi connectivity index (χ0n) is 9.45. The molecule has 0 bridgehead atoms. The minimum absolute atomic E-state index is 0.672. The van der Waals surface area contributed by atoms with Gasteiger partial charge in [-0.15, -0.1) is 11.3 Å². The summed E-state index contributed by atoms with van der Waals surface area (Å²) in [6, 6.07) is 6.08. The second-order valence-electron chi connectivity index (χ2n) is 4.01. The lowest BCUT2D eigenvalue weighted by Crippen LogP contribution is -1.93. The summed E-state index contributed by atoms with van der Waals surface area (Å²) in [6.45, 7) is 2.04. The van der Waals surface area contributed by atoms with Crippen LogP contribution in [0, 0.1) is 6.92 Å². The van der Waals surface area contributed by atoms with Gasteiger partial charge in [-0.25, -0.2) is 4.98 Å². The van der Waals surface area contributed by atoms with Gasteiger partial charge in [0.05, 0.1) is 8.66 Å². The summed E-state index contributed by atoms with van der Waals surface area (Å²) in [5.74, 6) is 0.672. The number of aromatic nitrogens is 2. The molecule has 0 spiro atoms. The first kappa shape index (κ1) is 12.2. The predicted octanol–water partition coefficient (Wildman–Crippen LogP) is 4.48. The van der Waals surface area contributed by atoms with E-state index >= 15 is 0 Å². The average molecular weight is 387 g/mol. The third kappa shape index (κ3) is 1.88. The number of pyridine rings is 1. The fourth-order valence-electron chi connectivity index (χ4n) is 1.81. The Kier molecular flexibility index (Phi) is 2.96. The number of nitrogens with two attached hydrogens (primary N) is 1. The van der Waals surface area contributed by atoms with Crippen LogP contribution in [0.25, 0.3) is 16.2 Å². The minimum atomic E-state index is 0.672. The zero-order chi connectivity index (χ0) is 12.9. The summed E-state index contributed by atoms with van der Waals surface area (Å²) in [7, 11) is 0. The molecule has 0 saturated heterocycles. The lowest BCUT2D eigenvalue weighted by Gasteiger charge is -1.97. The third-order valence-electron chi connectivity index (χ3n) is 2.70. The number of hydrogen-bond acceptors (Lipinski definition) is 3. The third-order valence-corrected chi connectivity index (χ3v) is 5.96. The van der Waals surface area contributed by atoms with Gasteiger partial charge < -0.3 is 5.73 Å². The van der Waals surface area contributed by atoms with E-state index in [2.05, 4.69) is 36.8 Å². The highest BCUT2D eigenvalue weighted by Gasteiger charge is 2.14. The fraction of sp³-hybridized carbons (Fsp3) is 0.0833. The van der Waals surface area contributed by atoms with E-state index in [0.29, 0.717) is 5.82 Å². The molecule has 0 amide bonds. The van der Waals surface area contributed by atoms with E-state index in [4.69, 9.17) is 5.73 Å². The number of rotatable bonds is 1. The molecule has 0 radical (unpaired) electrons. The van der Waals surface area contributed by atoms with Crippen LogP contribution >= 0.6 is 43.2 Å². The summed E-state index contributed by atoms with van der Waals surface area (Å²) in [5, 5.41) is 0. The molecule has 3 nitrogen and oxygen atoms in total. The van der Waals surface area contributed by atoms with Gasteiger partial charge in [0, 0.05) is 10.7 Å². The number of imidazole rings is 1. The molecule has 3 aromatic rings. The number of aryl methyl sites for hydroxylation is 1. The van der Waals surface area contributed by atoms with Crippen LogP contribution < -0.4 is 5.73 Å². The van der Waals surface area contributed by atoms with E-state index in [1.165, 1.54) is 5.56 Å². The lowest BCUT2D eigenvalue weighted by molar-refractivity contribution is 1.18. The molecule has 0 aliphatic heterocycles. The van der Waals surface area contributed by atoms with Crippen molar-refractivity contribution in [1.29, 1.82) is 0 Å². The van der Waals surface area contributed by atoms with E-state index < -0.39 is 0 Å². The quantitative estimate of drug-likeness (QED) is 0.670. The number of halogens is 2. The Bertz CT molecular complexity index is 726. The molecule has 2 N–H and O–H groups in total. The SMILES string of the molecule is Cc1ccn2c(N)c(-c3cc(Br)c(Br)s3)nc2c1. The van der Waals surface area contributed by atoms with Crippen LogP contribution in [-0.4, -0.2) is 9.38 Å². The van der Waals surface area contributed by atoms with Crippen molar-refractivity contribution in [3.8, 4) is 10.6 Å². The van der Waals surface area contributed by atoms with Crippen LogP contribution in [-0.2, 0) is 0 Å². The highest BCUT2D eigenvalue weighted by molar-refractivity contribution is 9.13. The Morgan fingerprint density at radius 2 is 2.11 bits per heavy atom. The number of nitrogen functional groups attached to an aromatic ring is 1. The molecule has 3 heterocycles. The van der Waals surface area contributed by atoms with E-state index in [1.54, 1.807) is 11.3 Å². The Morgan fingerprint density at radius 1 is 1.33 bits per heavy atom. The molecular weight excluding hydrogens is 378 g/mol. The van der Waals surface area contributed by atoms with Gasteiger partial charge in [-0.1, -0.05) is 0 Å². The number of hydrogen-bond donors (Lipinski definition) is 1. The Hall–Kier alpha value is -0.850. The van der Waals surface area contributed by atoms with Crippen LogP contribution in [0.4, 0.5) is 5.82 Å². The van der Waals surface area contributed by atoms with Gasteiger partial charge in [-0.3, -0.25) is 4.40 Å². The molecule has 0 fully saturated rings. The average Bonchev–Trinajstić information content (AvgIpc) is 2.81. The minimum Gasteiger partial charge on any atom is -0.383 e. The topological polar surface area (TPSA) is 43.3 Å². The predicted molar refractivity (Wildman–Crippen MR) is 83.1 cm³/mol. The molecule has 92 valence electrons. The standard InChI is InChI=1S/C12H9Br2N3S/c1-6-2-3-17-9(4-6)16-10(12(17)15)8-5-7(13)11(14)18-8/h2-5H,15H2,1H3. The maximum absolute atomic E-state index is 6.16. The Morgan fingerprint density at radius 3 is 2.78 bits per heavy atom. The number of anilines is 1. The van der Waals surface area contributed by atoms with Crippen LogP contribution in [0.15, 0.2) is 32.7 Å². The van der Waals surface area contributed by atoms with Crippen molar-refractivity contribution in [2.45, 2.75) is 6.92 Å². The first-order chi connectivity index (χ1) is 8.56. The van der Waals surface area contributed by atoms with Crippen molar-refractivity contribution >= 4 is 54.7 Å². The van der Waals surface area contributed by atoms with Gasteiger partial charge in [0.1, 0.15) is 17.2 Å². The summed E-state index contributed by atoms with van der Waals surface area (Å²) in [6.07, 6.45) is 1.95. The van der Waals surface area contributed by atoms with E-state index in [1.807, 2.05) is 35.7 Å². The molecular formula is C12H9Br2N3S. The lowest BCUT2D eigenvalue weighted by atomic mass is 10.3. The number of nitrogens with zero attached hydrogens (tertiary/aromatic N) is 2. The maximum atomic E-state index is 6.16. The smallest absolute Gasteiger partial charge is 0.139 e. The van der Waals surface area contributed by atoms with Gasteiger partial charge in [-0.2, -0.15) is 0 Å². The van der Waals surface area contributed by atoms with Crippen molar-refractivity contribution in [1.82, 2.24) is 9.38 Å². The summed E-state index contributed by atoms with van der Waals surface area (Å²) in [5.41, 5.74) is 9.04. The first-order valence-electron chi connectivity index (χ1n) is 5.25. The largest absolute Gasteiger partial charge is 0.383 e. The Labute approximate surface area is 125 Å². The highest BCUT2D eigenvalue weighted by atomic mass is 79.9. The molecule has 0 aliphatic rings. The number of fused-ring (bicyclic) bond motifs is 1. The summed E-state index contributed by atoms with van der Waals surface area (Å²) in [4.78, 5) is 5.65. The van der Waals surface area contributed by atoms with Crippen LogP contribution in [0.2, 0.25) is 0 Å².